The van der Waals surface area contributed by atoms with Crippen LogP contribution in [0.4, 0.5) is 0 Å². The molecule has 0 bridgehead atoms. The molecule has 0 unspecified atom stereocenters. The zero-order valence-electron chi connectivity index (χ0n) is 12.9. The lowest BCUT2D eigenvalue weighted by Gasteiger charge is -2.29. The maximum atomic E-state index is 2.67. The van der Waals surface area contributed by atoms with Gasteiger partial charge in [0, 0.05) is 19.1 Å². The van der Waals surface area contributed by atoms with Crippen LogP contribution in [0.3, 0.4) is 0 Å². The fraction of sp³-hybridized carbons (Fsp3) is 0.400. The van der Waals surface area contributed by atoms with Crippen LogP contribution in [0.15, 0.2) is 60.7 Å². The lowest BCUT2D eigenvalue weighted by Crippen LogP contribution is -2.32. The van der Waals surface area contributed by atoms with Gasteiger partial charge >= 0.3 is 0 Å². The third kappa shape index (κ3) is 3.95. The second-order valence-electron chi connectivity index (χ2n) is 6.45. The van der Waals surface area contributed by atoms with Gasteiger partial charge < -0.3 is 0 Å². The number of rotatable bonds is 5. The van der Waals surface area contributed by atoms with Gasteiger partial charge in [0.25, 0.3) is 0 Å². The molecule has 1 aliphatic carbocycles. The van der Waals surface area contributed by atoms with E-state index in [0.29, 0.717) is 0 Å². The molecule has 0 saturated heterocycles. The van der Waals surface area contributed by atoms with Crippen molar-refractivity contribution in [3.8, 4) is 0 Å². The molecular weight excluding hydrogens is 254 g/mol. The Kier molecular flexibility index (Phi) is 4.72. The van der Waals surface area contributed by atoms with Crippen LogP contribution in [0, 0.1) is 5.92 Å². The molecule has 0 spiro atoms. The van der Waals surface area contributed by atoms with Crippen molar-refractivity contribution in [2.75, 3.05) is 0 Å². The van der Waals surface area contributed by atoms with E-state index in [1.165, 1.54) is 30.4 Å². The second-order valence-corrected chi connectivity index (χ2v) is 6.45. The summed E-state index contributed by atoms with van der Waals surface area (Å²) in [4.78, 5) is 2.67. The van der Waals surface area contributed by atoms with Crippen LogP contribution in [-0.2, 0) is 13.1 Å². The highest BCUT2D eigenvalue weighted by Crippen LogP contribution is 2.30. The van der Waals surface area contributed by atoms with Crippen molar-refractivity contribution in [2.45, 2.75) is 45.3 Å². The van der Waals surface area contributed by atoms with Crippen LogP contribution in [0.5, 0.6) is 0 Å². The SMILES string of the molecule is C[C@@H]1CC[C@H](N(Cc2ccccc2)Cc2ccccc2)C1. The first-order valence-corrected chi connectivity index (χ1v) is 8.13. The van der Waals surface area contributed by atoms with Gasteiger partial charge in [-0.1, -0.05) is 67.6 Å². The smallest absolute Gasteiger partial charge is 0.0240 e. The first kappa shape index (κ1) is 14.3. The highest BCUT2D eigenvalue weighted by atomic mass is 15.2. The maximum absolute atomic E-state index is 2.67. The lowest BCUT2D eigenvalue weighted by atomic mass is 10.1. The average Bonchev–Trinajstić information content (AvgIpc) is 2.95. The highest BCUT2D eigenvalue weighted by molar-refractivity contribution is 5.17. The molecule has 0 amide bonds. The van der Waals surface area contributed by atoms with E-state index in [1.807, 2.05) is 0 Å². The first-order chi connectivity index (χ1) is 10.3. The van der Waals surface area contributed by atoms with Gasteiger partial charge in [0.05, 0.1) is 0 Å². The van der Waals surface area contributed by atoms with E-state index in [4.69, 9.17) is 0 Å². The fourth-order valence-corrected chi connectivity index (χ4v) is 3.46. The molecule has 0 N–H and O–H groups in total. The van der Waals surface area contributed by atoms with Crippen molar-refractivity contribution >= 4 is 0 Å². The van der Waals surface area contributed by atoms with Crippen molar-refractivity contribution < 1.29 is 0 Å². The molecule has 2 aromatic rings. The molecule has 0 aliphatic heterocycles. The van der Waals surface area contributed by atoms with E-state index in [2.05, 4.69) is 72.5 Å². The Morgan fingerprint density at radius 3 is 1.76 bits per heavy atom. The van der Waals surface area contributed by atoms with E-state index in [1.54, 1.807) is 0 Å². The van der Waals surface area contributed by atoms with Gasteiger partial charge in [-0.05, 0) is 36.3 Å². The summed E-state index contributed by atoms with van der Waals surface area (Å²) in [6, 6.07) is 22.5. The molecule has 0 heterocycles. The molecule has 1 fully saturated rings. The molecule has 2 aromatic carbocycles. The minimum atomic E-state index is 0.736. The largest absolute Gasteiger partial charge is 0.292 e. The Morgan fingerprint density at radius 2 is 1.33 bits per heavy atom. The van der Waals surface area contributed by atoms with E-state index in [0.717, 1.165) is 25.0 Å². The predicted octanol–water partition coefficient (Wildman–Crippen LogP) is 4.88. The molecular formula is C20H25N. The minimum Gasteiger partial charge on any atom is -0.292 e. The van der Waals surface area contributed by atoms with Crippen molar-refractivity contribution in [3.63, 3.8) is 0 Å². The van der Waals surface area contributed by atoms with Gasteiger partial charge in [0.1, 0.15) is 0 Å². The molecule has 1 heteroatoms. The van der Waals surface area contributed by atoms with Crippen LogP contribution in [0.2, 0.25) is 0 Å². The second kappa shape index (κ2) is 6.91. The summed E-state index contributed by atoms with van der Waals surface area (Å²) in [5, 5.41) is 0. The molecule has 21 heavy (non-hydrogen) atoms. The van der Waals surface area contributed by atoms with Crippen LogP contribution < -0.4 is 0 Å². The Hall–Kier alpha value is -1.60. The van der Waals surface area contributed by atoms with Crippen molar-refractivity contribution in [2.24, 2.45) is 5.92 Å². The lowest BCUT2D eigenvalue weighted by molar-refractivity contribution is 0.177. The third-order valence-corrected chi connectivity index (χ3v) is 4.64. The molecule has 1 saturated carbocycles. The van der Waals surface area contributed by atoms with Gasteiger partial charge in [-0.25, -0.2) is 0 Å². The van der Waals surface area contributed by atoms with E-state index in [-0.39, 0.29) is 0 Å². The number of hydrogen-bond acceptors (Lipinski definition) is 1. The predicted molar refractivity (Wildman–Crippen MR) is 88.9 cm³/mol. The molecule has 110 valence electrons. The summed E-state index contributed by atoms with van der Waals surface area (Å²) in [5.41, 5.74) is 2.85. The van der Waals surface area contributed by atoms with Crippen molar-refractivity contribution in [1.82, 2.24) is 4.90 Å². The van der Waals surface area contributed by atoms with E-state index < -0.39 is 0 Å². The Balaban J connectivity index is 1.74. The van der Waals surface area contributed by atoms with E-state index >= 15 is 0 Å². The number of benzene rings is 2. The standard InChI is InChI=1S/C20H25N/c1-17-12-13-20(14-17)21(15-18-8-4-2-5-9-18)16-19-10-6-3-7-11-19/h2-11,17,20H,12-16H2,1H3/t17-,20+/m1/s1. The van der Waals surface area contributed by atoms with Gasteiger partial charge in [-0.3, -0.25) is 4.90 Å². The van der Waals surface area contributed by atoms with Crippen LogP contribution >= 0.6 is 0 Å². The summed E-state index contributed by atoms with van der Waals surface area (Å²) >= 11 is 0. The quantitative estimate of drug-likeness (QED) is 0.754. The third-order valence-electron chi connectivity index (χ3n) is 4.64. The number of hydrogen-bond donors (Lipinski definition) is 0. The topological polar surface area (TPSA) is 3.24 Å². The first-order valence-electron chi connectivity index (χ1n) is 8.13. The monoisotopic (exact) mass is 279 g/mol. The molecule has 3 rings (SSSR count). The molecule has 2 atom stereocenters. The van der Waals surface area contributed by atoms with Gasteiger partial charge in [-0.15, -0.1) is 0 Å². The Labute approximate surface area is 128 Å². The summed E-state index contributed by atoms with van der Waals surface area (Å²) < 4.78 is 0. The van der Waals surface area contributed by atoms with Gasteiger partial charge in [0.15, 0.2) is 0 Å². The summed E-state index contributed by atoms with van der Waals surface area (Å²) in [6.07, 6.45) is 4.07. The van der Waals surface area contributed by atoms with Gasteiger partial charge in [-0.2, -0.15) is 0 Å². The minimum absolute atomic E-state index is 0.736. The van der Waals surface area contributed by atoms with Crippen LogP contribution in [0.1, 0.15) is 37.3 Å². The number of nitrogens with zero attached hydrogens (tertiary/aromatic N) is 1. The zero-order chi connectivity index (χ0) is 14.5. The summed E-state index contributed by atoms with van der Waals surface area (Å²) in [5.74, 6) is 0.879. The Bertz CT molecular complexity index is 493. The van der Waals surface area contributed by atoms with Crippen LogP contribution in [0.25, 0.3) is 0 Å². The molecule has 1 nitrogen and oxygen atoms in total. The van der Waals surface area contributed by atoms with Crippen LogP contribution in [-0.4, -0.2) is 10.9 Å². The highest BCUT2D eigenvalue weighted by Gasteiger charge is 2.26. The Morgan fingerprint density at radius 1 is 0.810 bits per heavy atom. The zero-order valence-corrected chi connectivity index (χ0v) is 12.9. The van der Waals surface area contributed by atoms with Gasteiger partial charge in [0.2, 0.25) is 0 Å². The molecule has 0 radical (unpaired) electrons. The fourth-order valence-electron chi connectivity index (χ4n) is 3.46. The van der Waals surface area contributed by atoms with E-state index in [9.17, 15) is 0 Å². The summed E-state index contributed by atoms with van der Waals surface area (Å²) in [7, 11) is 0. The molecule has 1 aliphatic rings. The van der Waals surface area contributed by atoms with Crippen molar-refractivity contribution in [1.29, 1.82) is 0 Å². The summed E-state index contributed by atoms with van der Waals surface area (Å²) in [6.45, 7) is 4.52. The average molecular weight is 279 g/mol. The normalized spacial score (nSPS) is 21.8. The maximum Gasteiger partial charge on any atom is 0.0240 e. The van der Waals surface area contributed by atoms with Crippen molar-refractivity contribution in [3.05, 3.63) is 71.8 Å². The molecule has 0 aromatic heterocycles.